The molecule has 0 radical (unpaired) electrons. The molecule has 1 heterocycles. The van der Waals surface area contributed by atoms with Gasteiger partial charge in [-0.3, -0.25) is 0 Å². The van der Waals surface area contributed by atoms with Crippen LogP contribution in [0.3, 0.4) is 0 Å². The maximum absolute atomic E-state index is 13.2. The molecule has 0 spiro atoms. The summed E-state index contributed by atoms with van der Waals surface area (Å²) >= 11 is 0. The molecular weight excluding hydrogens is 173 g/mol. The van der Waals surface area contributed by atoms with E-state index in [-0.39, 0.29) is 18.1 Å². The minimum Gasteiger partial charge on any atom is -0.476 e. The van der Waals surface area contributed by atoms with Crippen molar-refractivity contribution in [1.82, 2.24) is 4.98 Å². The summed E-state index contributed by atoms with van der Waals surface area (Å²) in [6.07, 6.45) is 2.21. The Bertz CT molecular complexity index is 278. The van der Waals surface area contributed by atoms with Crippen LogP contribution >= 0.6 is 0 Å². The third kappa shape index (κ3) is 2.39. The quantitative estimate of drug-likeness (QED) is 0.773. The zero-order valence-corrected chi connectivity index (χ0v) is 7.46. The van der Waals surface area contributed by atoms with Crippen molar-refractivity contribution in [3.05, 3.63) is 23.6 Å². The molecule has 0 atom stereocenters. The molecule has 0 aromatic carbocycles. The van der Waals surface area contributed by atoms with Gasteiger partial charge in [-0.15, -0.1) is 0 Å². The fourth-order valence-corrected chi connectivity index (χ4v) is 0.884. The number of hydrogen-bond donors (Lipinski definition) is 1. The SMILES string of the molecule is CCCOc1nccc(CO)c1F. The van der Waals surface area contributed by atoms with Gasteiger partial charge in [-0.25, -0.2) is 9.37 Å². The van der Waals surface area contributed by atoms with E-state index < -0.39 is 5.82 Å². The monoisotopic (exact) mass is 185 g/mol. The third-order valence-electron chi connectivity index (χ3n) is 1.55. The summed E-state index contributed by atoms with van der Waals surface area (Å²) in [5, 5.41) is 8.74. The van der Waals surface area contributed by atoms with Gasteiger partial charge in [-0.2, -0.15) is 0 Å². The molecule has 0 amide bonds. The summed E-state index contributed by atoms with van der Waals surface area (Å²) in [5.74, 6) is -0.605. The van der Waals surface area contributed by atoms with Gasteiger partial charge >= 0.3 is 0 Å². The highest BCUT2D eigenvalue weighted by molar-refractivity contribution is 5.22. The van der Waals surface area contributed by atoms with Crippen molar-refractivity contribution < 1.29 is 14.2 Å². The maximum Gasteiger partial charge on any atom is 0.250 e. The smallest absolute Gasteiger partial charge is 0.250 e. The van der Waals surface area contributed by atoms with Gasteiger partial charge in [0.25, 0.3) is 5.88 Å². The minimum absolute atomic E-state index is 0.0339. The van der Waals surface area contributed by atoms with E-state index in [0.717, 1.165) is 6.42 Å². The number of ether oxygens (including phenoxy) is 1. The van der Waals surface area contributed by atoms with Gasteiger partial charge in [-0.1, -0.05) is 6.92 Å². The molecular formula is C9H12FNO2. The van der Waals surface area contributed by atoms with E-state index in [4.69, 9.17) is 9.84 Å². The van der Waals surface area contributed by atoms with Crippen molar-refractivity contribution in [2.75, 3.05) is 6.61 Å². The molecule has 72 valence electrons. The van der Waals surface area contributed by atoms with Gasteiger partial charge in [0.15, 0.2) is 5.82 Å². The number of hydrogen-bond acceptors (Lipinski definition) is 3. The van der Waals surface area contributed by atoms with Crippen LogP contribution in [-0.2, 0) is 6.61 Å². The third-order valence-corrected chi connectivity index (χ3v) is 1.55. The second-order valence-electron chi connectivity index (χ2n) is 2.60. The van der Waals surface area contributed by atoms with Crippen LogP contribution in [0.1, 0.15) is 18.9 Å². The summed E-state index contributed by atoms with van der Waals surface area (Å²) in [6.45, 7) is 2.02. The lowest BCUT2D eigenvalue weighted by Crippen LogP contribution is -2.02. The molecule has 0 saturated carbocycles. The number of halogens is 1. The van der Waals surface area contributed by atoms with Crippen LogP contribution in [-0.4, -0.2) is 16.7 Å². The van der Waals surface area contributed by atoms with Gasteiger partial charge in [-0.05, 0) is 12.5 Å². The first-order chi connectivity index (χ1) is 6.29. The molecule has 0 aliphatic heterocycles. The van der Waals surface area contributed by atoms with Crippen molar-refractivity contribution in [2.24, 2.45) is 0 Å². The summed E-state index contributed by atoms with van der Waals surface area (Å²) in [4.78, 5) is 3.72. The number of aliphatic hydroxyl groups excluding tert-OH is 1. The molecule has 1 aromatic rings. The Morgan fingerprint density at radius 1 is 1.62 bits per heavy atom. The highest BCUT2D eigenvalue weighted by Gasteiger charge is 2.08. The topological polar surface area (TPSA) is 42.4 Å². The lowest BCUT2D eigenvalue weighted by Gasteiger charge is -2.06. The Balaban J connectivity index is 2.81. The second kappa shape index (κ2) is 4.77. The Morgan fingerprint density at radius 3 is 3.00 bits per heavy atom. The number of rotatable bonds is 4. The van der Waals surface area contributed by atoms with Crippen LogP contribution in [0.4, 0.5) is 4.39 Å². The molecule has 0 aliphatic rings. The molecule has 0 unspecified atom stereocenters. The van der Waals surface area contributed by atoms with Crippen LogP contribution in [0.2, 0.25) is 0 Å². The van der Waals surface area contributed by atoms with E-state index in [1.165, 1.54) is 12.3 Å². The van der Waals surface area contributed by atoms with E-state index in [1.54, 1.807) is 0 Å². The normalized spacial score (nSPS) is 10.1. The first kappa shape index (κ1) is 9.92. The van der Waals surface area contributed by atoms with Crippen LogP contribution in [0.15, 0.2) is 12.3 Å². The average Bonchev–Trinajstić information content (AvgIpc) is 2.16. The number of pyridine rings is 1. The molecule has 0 saturated heterocycles. The summed E-state index contributed by atoms with van der Waals surface area (Å²) in [6, 6.07) is 1.42. The van der Waals surface area contributed by atoms with Gasteiger partial charge in [0.2, 0.25) is 0 Å². The fraction of sp³-hybridized carbons (Fsp3) is 0.444. The lowest BCUT2D eigenvalue weighted by molar-refractivity contribution is 0.261. The zero-order chi connectivity index (χ0) is 9.68. The molecule has 13 heavy (non-hydrogen) atoms. The first-order valence-corrected chi connectivity index (χ1v) is 4.16. The zero-order valence-electron chi connectivity index (χ0n) is 7.46. The second-order valence-corrected chi connectivity index (χ2v) is 2.60. The maximum atomic E-state index is 13.2. The Kier molecular flexibility index (Phi) is 3.64. The van der Waals surface area contributed by atoms with Gasteiger partial charge < -0.3 is 9.84 Å². The highest BCUT2D eigenvalue weighted by Crippen LogP contribution is 2.17. The first-order valence-electron chi connectivity index (χ1n) is 4.16. The van der Waals surface area contributed by atoms with Gasteiger partial charge in [0.05, 0.1) is 13.2 Å². The van der Waals surface area contributed by atoms with E-state index in [0.29, 0.717) is 6.61 Å². The minimum atomic E-state index is -0.571. The highest BCUT2D eigenvalue weighted by atomic mass is 19.1. The number of aliphatic hydroxyl groups is 1. The van der Waals surface area contributed by atoms with E-state index in [9.17, 15) is 4.39 Å². The molecule has 3 nitrogen and oxygen atoms in total. The number of aromatic nitrogens is 1. The Morgan fingerprint density at radius 2 is 2.38 bits per heavy atom. The summed E-state index contributed by atoms with van der Waals surface area (Å²) in [7, 11) is 0. The Hall–Kier alpha value is -1.16. The summed E-state index contributed by atoms with van der Waals surface area (Å²) in [5.41, 5.74) is 0.209. The van der Waals surface area contributed by atoms with Crippen molar-refractivity contribution in [3.63, 3.8) is 0 Å². The van der Waals surface area contributed by atoms with Crippen molar-refractivity contribution >= 4 is 0 Å². The molecule has 0 aliphatic carbocycles. The predicted octanol–water partition coefficient (Wildman–Crippen LogP) is 1.50. The van der Waals surface area contributed by atoms with Gasteiger partial charge in [0.1, 0.15) is 0 Å². The van der Waals surface area contributed by atoms with Crippen LogP contribution in [0.5, 0.6) is 5.88 Å². The van der Waals surface area contributed by atoms with Crippen LogP contribution in [0, 0.1) is 5.82 Å². The molecule has 1 rings (SSSR count). The molecule has 1 N–H and O–H groups in total. The lowest BCUT2D eigenvalue weighted by atomic mass is 10.3. The Labute approximate surface area is 76.2 Å². The number of nitrogens with zero attached hydrogens (tertiary/aromatic N) is 1. The standard InChI is InChI=1S/C9H12FNO2/c1-2-5-13-9-8(10)7(6-12)3-4-11-9/h3-4,12H,2,5-6H2,1H3. The fourth-order valence-electron chi connectivity index (χ4n) is 0.884. The van der Waals surface area contributed by atoms with Crippen molar-refractivity contribution in [2.45, 2.75) is 20.0 Å². The van der Waals surface area contributed by atoms with E-state index >= 15 is 0 Å². The van der Waals surface area contributed by atoms with Gasteiger partial charge in [0, 0.05) is 11.8 Å². The summed E-state index contributed by atoms with van der Waals surface area (Å²) < 4.78 is 18.3. The molecule has 1 aromatic heterocycles. The molecule has 4 heteroatoms. The van der Waals surface area contributed by atoms with E-state index in [2.05, 4.69) is 4.98 Å². The van der Waals surface area contributed by atoms with E-state index in [1.807, 2.05) is 6.92 Å². The predicted molar refractivity (Wildman–Crippen MR) is 45.9 cm³/mol. The van der Waals surface area contributed by atoms with Crippen LogP contribution < -0.4 is 4.74 Å². The average molecular weight is 185 g/mol. The van der Waals surface area contributed by atoms with Crippen molar-refractivity contribution in [3.8, 4) is 5.88 Å². The molecule has 0 fully saturated rings. The largest absolute Gasteiger partial charge is 0.476 e. The van der Waals surface area contributed by atoms with Crippen molar-refractivity contribution in [1.29, 1.82) is 0 Å². The molecule has 0 bridgehead atoms. The van der Waals surface area contributed by atoms with Crippen LogP contribution in [0.25, 0.3) is 0 Å².